The molecule has 6 nitrogen and oxygen atoms in total. The second-order valence-electron chi connectivity index (χ2n) is 8.14. The highest BCUT2D eigenvalue weighted by Crippen LogP contribution is 2.39. The average molecular weight is 395 g/mol. The van der Waals surface area contributed by atoms with Crippen LogP contribution in [0.5, 0.6) is 5.75 Å². The van der Waals surface area contributed by atoms with Crippen LogP contribution in [0.4, 0.5) is 0 Å². The van der Waals surface area contributed by atoms with Gasteiger partial charge in [0, 0.05) is 12.6 Å². The number of rotatable bonds is 2. The van der Waals surface area contributed by atoms with E-state index in [1.807, 2.05) is 6.07 Å². The van der Waals surface area contributed by atoms with Crippen LogP contribution in [-0.2, 0) is 14.8 Å². The van der Waals surface area contributed by atoms with Crippen molar-refractivity contribution >= 4 is 10.0 Å². The van der Waals surface area contributed by atoms with Crippen LogP contribution in [0.1, 0.15) is 50.0 Å². The van der Waals surface area contributed by atoms with Crippen LogP contribution in [0.3, 0.4) is 0 Å². The number of ether oxygens (including phenoxy) is 2. The Hall–Kier alpha value is -1.15. The van der Waals surface area contributed by atoms with E-state index in [1.54, 1.807) is 0 Å². The lowest BCUT2D eigenvalue weighted by molar-refractivity contribution is -0.0476. The van der Waals surface area contributed by atoms with Crippen molar-refractivity contribution in [1.82, 2.24) is 9.62 Å². The van der Waals surface area contributed by atoms with Crippen LogP contribution in [0.2, 0.25) is 0 Å². The summed E-state index contributed by atoms with van der Waals surface area (Å²) in [4.78, 5) is 2.23. The zero-order chi connectivity index (χ0) is 18.9. The number of nitrogens with zero attached hydrogens (tertiary/aromatic N) is 1. The van der Waals surface area contributed by atoms with Gasteiger partial charge in [0.1, 0.15) is 12.5 Å². The second kappa shape index (κ2) is 8.07. The minimum Gasteiger partial charge on any atom is -0.478 e. The van der Waals surface area contributed by atoms with Crippen molar-refractivity contribution in [1.29, 1.82) is 0 Å². The van der Waals surface area contributed by atoms with Gasteiger partial charge in [-0.3, -0.25) is 4.90 Å². The molecule has 2 atom stereocenters. The Balaban J connectivity index is 1.60. The van der Waals surface area contributed by atoms with E-state index in [1.165, 1.54) is 11.8 Å². The fourth-order valence-electron chi connectivity index (χ4n) is 4.80. The first-order valence-corrected chi connectivity index (χ1v) is 11.9. The summed E-state index contributed by atoms with van der Waals surface area (Å²) in [7, 11) is -3.26. The monoisotopic (exact) mass is 394 g/mol. The third-order valence-corrected chi connectivity index (χ3v) is 6.91. The molecule has 4 aliphatic rings. The van der Waals surface area contributed by atoms with Gasteiger partial charge >= 0.3 is 0 Å². The first-order valence-electron chi connectivity index (χ1n) is 10.0. The molecule has 0 aromatic heterocycles. The van der Waals surface area contributed by atoms with Gasteiger partial charge in [-0.25, -0.2) is 13.1 Å². The predicted molar refractivity (Wildman–Crippen MR) is 104 cm³/mol. The molecular weight excluding hydrogens is 364 g/mol. The van der Waals surface area contributed by atoms with Crippen molar-refractivity contribution in [2.24, 2.45) is 0 Å². The minimum atomic E-state index is -3.26. The predicted octanol–water partition coefficient (Wildman–Crippen LogP) is 2.46. The molecular formula is C20H30N2O4S. The Bertz CT molecular complexity index is 746. The zero-order valence-corrected chi connectivity index (χ0v) is 16.8. The molecule has 1 saturated carbocycles. The molecule has 3 aliphatic heterocycles. The maximum atomic E-state index is 11.8. The zero-order valence-electron chi connectivity index (χ0n) is 16.0. The SMILES string of the molecule is CS(=O)(=O)N[C@H]1CCCN2COc3ccccc3[C@H]3CC[C@H](CC3)OC[C@@H]12. The van der Waals surface area contributed by atoms with Crippen LogP contribution in [0.25, 0.3) is 0 Å². The lowest BCUT2D eigenvalue weighted by Gasteiger charge is -2.42. The summed E-state index contributed by atoms with van der Waals surface area (Å²) >= 11 is 0. The van der Waals surface area contributed by atoms with Crippen molar-refractivity contribution in [3.8, 4) is 5.75 Å². The van der Waals surface area contributed by atoms with Crippen molar-refractivity contribution in [2.45, 2.75) is 62.6 Å². The number of nitrogens with one attached hydrogen (secondary N) is 1. The van der Waals surface area contributed by atoms with Gasteiger partial charge in [-0.2, -0.15) is 0 Å². The van der Waals surface area contributed by atoms with Gasteiger partial charge < -0.3 is 9.47 Å². The molecule has 0 amide bonds. The quantitative estimate of drug-likeness (QED) is 0.835. The molecule has 2 bridgehead atoms. The van der Waals surface area contributed by atoms with E-state index in [9.17, 15) is 8.42 Å². The lowest BCUT2D eigenvalue weighted by Crippen LogP contribution is -2.58. The van der Waals surface area contributed by atoms with Gasteiger partial charge in [-0.1, -0.05) is 18.2 Å². The summed E-state index contributed by atoms with van der Waals surface area (Å²) in [5, 5.41) is 0. The number of benzene rings is 1. The molecule has 0 unspecified atom stereocenters. The first-order chi connectivity index (χ1) is 13.0. The van der Waals surface area contributed by atoms with E-state index in [4.69, 9.17) is 9.47 Å². The van der Waals surface area contributed by atoms with Gasteiger partial charge in [-0.05, 0) is 56.1 Å². The summed E-state index contributed by atoms with van der Waals surface area (Å²) in [5.74, 6) is 1.51. The highest BCUT2D eigenvalue weighted by atomic mass is 32.2. The van der Waals surface area contributed by atoms with Gasteiger partial charge in [-0.15, -0.1) is 0 Å². The molecule has 1 N–H and O–H groups in total. The summed E-state index contributed by atoms with van der Waals surface area (Å²) in [5.41, 5.74) is 1.30. The standard InChI is InChI=1S/C20H30N2O4S/c1-27(23,24)21-18-6-4-12-22-14-26-20-7-3-2-5-17(20)15-8-10-16(11-9-15)25-13-19(18)22/h2-3,5,7,15-16,18-19,21H,4,6,8-14H2,1H3/t15-,16+,18-,19-/m0/s1. The molecule has 2 fully saturated rings. The molecule has 7 heteroatoms. The highest BCUT2D eigenvalue weighted by molar-refractivity contribution is 7.88. The number of para-hydroxylation sites is 1. The molecule has 1 saturated heterocycles. The maximum Gasteiger partial charge on any atom is 0.209 e. The molecule has 0 spiro atoms. The second-order valence-corrected chi connectivity index (χ2v) is 9.92. The van der Waals surface area contributed by atoms with Crippen LogP contribution in [0.15, 0.2) is 24.3 Å². The van der Waals surface area contributed by atoms with Crippen LogP contribution >= 0.6 is 0 Å². The maximum absolute atomic E-state index is 11.8. The van der Waals surface area contributed by atoms with Gasteiger partial charge in [0.05, 0.1) is 25.0 Å². The number of fused-ring (bicyclic) bond motifs is 4. The van der Waals surface area contributed by atoms with E-state index < -0.39 is 10.0 Å². The van der Waals surface area contributed by atoms with Crippen LogP contribution in [0, 0.1) is 0 Å². The fourth-order valence-corrected chi connectivity index (χ4v) is 5.62. The van der Waals surface area contributed by atoms with E-state index in [0.29, 0.717) is 19.3 Å². The van der Waals surface area contributed by atoms with Gasteiger partial charge in [0.25, 0.3) is 0 Å². The number of piperidine rings is 1. The Morgan fingerprint density at radius 2 is 1.89 bits per heavy atom. The minimum absolute atomic E-state index is 0.00205. The van der Waals surface area contributed by atoms with Gasteiger partial charge in [0.2, 0.25) is 10.0 Å². The summed E-state index contributed by atoms with van der Waals surface area (Å²) in [6.45, 7) is 1.91. The Morgan fingerprint density at radius 1 is 1.11 bits per heavy atom. The molecule has 1 aromatic rings. The topological polar surface area (TPSA) is 67.9 Å². The first kappa shape index (κ1) is 19.2. The third-order valence-electron chi connectivity index (χ3n) is 6.18. The Labute approximate surface area is 162 Å². The van der Waals surface area contributed by atoms with Crippen molar-refractivity contribution < 1.29 is 17.9 Å². The molecule has 0 radical (unpaired) electrons. The third kappa shape index (κ3) is 4.65. The highest BCUT2D eigenvalue weighted by Gasteiger charge is 2.35. The normalized spacial score (nSPS) is 32.5. The van der Waals surface area contributed by atoms with Gasteiger partial charge in [0.15, 0.2) is 0 Å². The number of sulfonamides is 1. The van der Waals surface area contributed by atoms with Crippen LogP contribution < -0.4 is 9.46 Å². The fraction of sp³-hybridized carbons (Fsp3) is 0.700. The van der Waals surface area contributed by atoms with Crippen LogP contribution in [-0.4, -0.2) is 57.6 Å². The summed E-state index contributed by atoms with van der Waals surface area (Å²) < 4.78 is 39.0. The number of hydrogen-bond acceptors (Lipinski definition) is 5. The van der Waals surface area contributed by atoms with E-state index >= 15 is 0 Å². The molecule has 3 heterocycles. The van der Waals surface area contributed by atoms with E-state index in [0.717, 1.165) is 50.8 Å². The summed E-state index contributed by atoms with van der Waals surface area (Å²) in [6.07, 6.45) is 7.62. The van der Waals surface area contributed by atoms with Crippen molar-refractivity contribution in [2.75, 3.05) is 26.1 Å². The van der Waals surface area contributed by atoms with Crippen molar-refractivity contribution in [3.05, 3.63) is 29.8 Å². The number of hydrogen-bond donors (Lipinski definition) is 1. The molecule has 1 aliphatic carbocycles. The molecule has 150 valence electrons. The molecule has 1 aromatic carbocycles. The Kier molecular flexibility index (Phi) is 5.73. The smallest absolute Gasteiger partial charge is 0.209 e. The van der Waals surface area contributed by atoms with E-state index in [-0.39, 0.29) is 18.2 Å². The summed E-state index contributed by atoms with van der Waals surface area (Å²) in [6, 6.07) is 8.24. The largest absolute Gasteiger partial charge is 0.478 e. The average Bonchev–Trinajstić information content (AvgIpc) is 2.64. The van der Waals surface area contributed by atoms with Crippen molar-refractivity contribution in [3.63, 3.8) is 0 Å². The van der Waals surface area contributed by atoms with E-state index in [2.05, 4.69) is 27.8 Å². The molecule has 27 heavy (non-hydrogen) atoms. The Morgan fingerprint density at radius 3 is 2.67 bits per heavy atom. The molecule has 5 rings (SSSR count). The lowest BCUT2D eigenvalue weighted by atomic mass is 9.82.